The topological polar surface area (TPSA) is 9.23 Å². The number of allylic oxidation sites excluding steroid dienone is 1. The summed E-state index contributed by atoms with van der Waals surface area (Å²) in [5.41, 5.74) is 10.6. The predicted molar refractivity (Wildman–Crippen MR) is 104 cm³/mol. The van der Waals surface area contributed by atoms with Crippen molar-refractivity contribution in [2.45, 2.75) is 53.4 Å². The van der Waals surface area contributed by atoms with Crippen LogP contribution < -0.4 is 4.74 Å². The van der Waals surface area contributed by atoms with E-state index in [0.29, 0.717) is 0 Å². The first-order chi connectivity index (χ1) is 11.2. The molecule has 1 aliphatic rings. The molecule has 24 heavy (non-hydrogen) atoms. The normalized spacial score (nSPS) is 13.7. The van der Waals surface area contributed by atoms with Gasteiger partial charge in [-0.05, 0) is 49.3 Å². The van der Waals surface area contributed by atoms with Gasteiger partial charge in [-0.15, -0.1) is 0 Å². The molecule has 1 heteroatoms. The maximum atomic E-state index is 5.97. The standard InChI is InChI=1S/C23H28O/c1-14-8-15(2)11-18(10-14)21-19-12-16(3)9-17(19)13-20(22(21)24-7)23(4,5)6/h8,10-13H,9H2,1-7H3. The predicted octanol–water partition coefficient (Wildman–Crippen LogP) is 6.24. The lowest BCUT2D eigenvalue weighted by Crippen LogP contribution is -2.14. The molecule has 0 bridgehead atoms. The van der Waals surface area contributed by atoms with Crippen LogP contribution in [-0.2, 0) is 11.8 Å². The Morgan fingerprint density at radius 1 is 0.917 bits per heavy atom. The third kappa shape index (κ3) is 2.88. The van der Waals surface area contributed by atoms with Gasteiger partial charge in [-0.1, -0.05) is 67.8 Å². The highest BCUT2D eigenvalue weighted by molar-refractivity contribution is 5.87. The summed E-state index contributed by atoms with van der Waals surface area (Å²) in [5.74, 6) is 1.03. The highest BCUT2D eigenvalue weighted by Crippen LogP contribution is 2.46. The smallest absolute Gasteiger partial charge is 0.131 e. The Bertz CT molecular complexity index is 812. The summed E-state index contributed by atoms with van der Waals surface area (Å²) in [6.45, 7) is 13.3. The van der Waals surface area contributed by atoms with Crippen LogP contribution in [0.1, 0.15) is 55.5 Å². The van der Waals surface area contributed by atoms with Crippen molar-refractivity contribution in [3.63, 3.8) is 0 Å². The van der Waals surface area contributed by atoms with E-state index in [2.05, 4.69) is 71.9 Å². The maximum Gasteiger partial charge on any atom is 0.131 e. The first kappa shape index (κ1) is 16.8. The number of rotatable bonds is 2. The first-order valence-corrected chi connectivity index (χ1v) is 8.71. The Labute approximate surface area is 146 Å². The zero-order chi connectivity index (χ0) is 17.6. The molecule has 0 atom stereocenters. The van der Waals surface area contributed by atoms with Gasteiger partial charge >= 0.3 is 0 Å². The SMILES string of the molecule is COc1c(C(C)(C)C)cc2c(c1-c1cc(C)cc(C)c1)C=C(C)C2. The van der Waals surface area contributed by atoms with Gasteiger partial charge in [0.25, 0.3) is 0 Å². The van der Waals surface area contributed by atoms with Crippen molar-refractivity contribution in [3.8, 4) is 16.9 Å². The molecular formula is C23H28O. The van der Waals surface area contributed by atoms with E-state index in [1.807, 2.05) is 0 Å². The number of methoxy groups -OCH3 is 1. The summed E-state index contributed by atoms with van der Waals surface area (Å²) < 4.78 is 5.97. The Balaban J connectivity index is 2.40. The molecule has 2 aromatic rings. The van der Waals surface area contributed by atoms with Crippen molar-refractivity contribution >= 4 is 6.08 Å². The number of aryl methyl sites for hydroxylation is 2. The van der Waals surface area contributed by atoms with E-state index in [-0.39, 0.29) is 5.41 Å². The minimum Gasteiger partial charge on any atom is -0.496 e. The van der Waals surface area contributed by atoms with E-state index in [0.717, 1.165) is 12.2 Å². The average Bonchev–Trinajstić information content (AvgIpc) is 2.82. The minimum atomic E-state index is 0.0461. The molecular weight excluding hydrogens is 292 g/mol. The van der Waals surface area contributed by atoms with Crippen LogP contribution in [0.5, 0.6) is 5.75 Å². The minimum absolute atomic E-state index is 0.0461. The molecule has 0 aliphatic heterocycles. The summed E-state index contributed by atoms with van der Waals surface area (Å²) in [7, 11) is 1.80. The Hall–Kier alpha value is -2.02. The van der Waals surface area contributed by atoms with E-state index in [9.17, 15) is 0 Å². The van der Waals surface area contributed by atoms with Crippen molar-refractivity contribution in [2.75, 3.05) is 7.11 Å². The summed E-state index contributed by atoms with van der Waals surface area (Å²) in [6.07, 6.45) is 3.37. The van der Waals surface area contributed by atoms with Crippen LogP contribution in [0.25, 0.3) is 17.2 Å². The maximum absolute atomic E-state index is 5.97. The number of benzene rings is 2. The fourth-order valence-electron chi connectivity index (χ4n) is 3.82. The lowest BCUT2D eigenvalue weighted by molar-refractivity contribution is 0.399. The largest absolute Gasteiger partial charge is 0.496 e. The second-order valence-electron chi connectivity index (χ2n) is 8.20. The summed E-state index contributed by atoms with van der Waals surface area (Å²) in [6, 6.07) is 9.14. The van der Waals surface area contributed by atoms with Gasteiger partial charge in [0.15, 0.2) is 0 Å². The first-order valence-electron chi connectivity index (χ1n) is 8.71. The van der Waals surface area contributed by atoms with Crippen LogP contribution in [0.15, 0.2) is 29.8 Å². The highest BCUT2D eigenvalue weighted by Gasteiger charge is 2.27. The molecule has 0 radical (unpaired) electrons. The zero-order valence-corrected chi connectivity index (χ0v) is 16.0. The highest BCUT2D eigenvalue weighted by atomic mass is 16.5. The number of hydrogen-bond donors (Lipinski definition) is 0. The van der Waals surface area contributed by atoms with Crippen molar-refractivity contribution < 1.29 is 4.74 Å². The molecule has 0 aromatic heterocycles. The van der Waals surface area contributed by atoms with E-state index < -0.39 is 0 Å². The molecule has 0 unspecified atom stereocenters. The van der Waals surface area contributed by atoms with E-state index in [1.54, 1.807) is 7.11 Å². The summed E-state index contributed by atoms with van der Waals surface area (Å²) in [4.78, 5) is 0. The third-order valence-corrected chi connectivity index (χ3v) is 4.79. The molecule has 2 aromatic carbocycles. The second-order valence-corrected chi connectivity index (χ2v) is 8.20. The van der Waals surface area contributed by atoms with Gasteiger partial charge in [0.2, 0.25) is 0 Å². The van der Waals surface area contributed by atoms with Crippen molar-refractivity contribution in [1.29, 1.82) is 0 Å². The molecule has 0 amide bonds. The molecule has 0 N–H and O–H groups in total. The Morgan fingerprint density at radius 3 is 2.08 bits per heavy atom. The fourth-order valence-corrected chi connectivity index (χ4v) is 3.82. The molecule has 0 saturated heterocycles. The van der Waals surface area contributed by atoms with Gasteiger partial charge in [-0.2, -0.15) is 0 Å². The van der Waals surface area contributed by atoms with Crippen LogP contribution in [0.2, 0.25) is 0 Å². The van der Waals surface area contributed by atoms with E-state index in [4.69, 9.17) is 4.74 Å². The number of ether oxygens (including phenoxy) is 1. The molecule has 3 rings (SSSR count). The lowest BCUT2D eigenvalue weighted by Gasteiger charge is -2.26. The van der Waals surface area contributed by atoms with Gasteiger partial charge < -0.3 is 4.74 Å². The zero-order valence-electron chi connectivity index (χ0n) is 16.0. The number of hydrogen-bond acceptors (Lipinski definition) is 1. The van der Waals surface area contributed by atoms with Gasteiger partial charge in [0.05, 0.1) is 7.11 Å². The molecule has 0 spiro atoms. The molecule has 1 aliphatic carbocycles. The van der Waals surface area contributed by atoms with Gasteiger partial charge in [0, 0.05) is 11.1 Å². The quantitative estimate of drug-likeness (QED) is 0.636. The molecule has 0 fully saturated rings. The van der Waals surface area contributed by atoms with E-state index in [1.165, 1.54) is 44.5 Å². The summed E-state index contributed by atoms with van der Waals surface area (Å²) in [5, 5.41) is 0. The third-order valence-electron chi connectivity index (χ3n) is 4.79. The van der Waals surface area contributed by atoms with Crippen LogP contribution in [-0.4, -0.2) is 7.11 Å². The molecule has 0 saturated carbocycles. The van der Waals surface area contributed by atoms with Crippen molar-refractivity contribution in [3.05, 3.63) is 57.7 Å². The number of fused-ring (bicyclic) bond motifs is 1. The van der Waals surface area contributed by atoms with Gasteiger partial charge in [0.1, 0.15) is 5.75 Å². The van der Waals surface area contributed by atoms with Crippen LogP contribution in [0, 0.1) is 13.8 Å². The second kappa shape index (κ2) is 5.81. The molecule has 126 valence electrons. The van der Waals surface area contributed by atoms with Crippen molar-refractivity contribution in [1.82, 2.24) is 0 Å². The van der Waals surface area contributed by atoms with Gasteiger partial charge in [-0.3, -0.25) is 0 Å². The Morgan fingerprint density at radius 2 is 1.54 bits per heavy atom. The molecule has 1 nitrogen and oxygen atoms in total. The van der Waals surface area contributed by atoms with Crippen LogP contribution in [0.4, 0.5) is 0 Å². The average molecular weight is 320 g/mol. The lowest BCUT2D eigenvalue weighted by atomic mass is 9.81. The van der Waals surface area contributed by atoms with Crippen LogP contribution >= 0.6 is 0 Å². The monoisotopic (exact) mass is 320 g/mol. The summed E-state index contributed by atoms with van der Waals surface area (Å²) >= 11 is 0. The fraction of sp³-hybridized carbons (Fsp3) is 0.391. The Kier molecular flexibility index (Phi) is 4.07. The van der Waals surface area contributed by atoms with Gasteiger partial charge in [-0.25, -0.2) is 0 Å². The van der Waals surface area contributed by atoms with Crippen molar-refractivity contribution in [2.24, 2.45) is 0 Å². The molecule has 0 heterocycles. The van der Waals surface area contributed by atoms with Crippen LogP contribution in [0.3, 0.4) is 0 Å². The van der Waals surface area contributed by atoms with E-state index >= 15 is 0 Å².